The van der Waals surface area contributed by atoms with Gasteiger partial charge in [-0.15, -0.1) is 5.10 Å². The van der Waals surface area contributed by atoms with Gasteiger partial charge in [-0.05, 0) is 62.8 Å². The predicted molar refractivity (Wildman–Crippen MR) is 149 cm³/mol. The van der Waals surface area contributed by atoms with Crippen molar-refractivity contribution in [3.8, 4) is 22.7 Å². The van der Waals surface area contributed by atoms with E-state index in [1.165, 1.54) is 0 Å². The van der Waals surface area contributed by atoms with E-state index in [9.17, 15) is 9.90 Å². The molecule has 198 valence electrons. The molecule has 0 fully saturated rings. The number of fused-ring (bicyclic) bond motifs is 1. The van der Waals surface area contributed by atoms with Gasteiger partial charge in [-0.3, -0.25) is 0 Å². The highest BCUT2D eigenvalue weighted by molar-refractivity contribution is 9.10. The van der Waals surface area contributed by atoms with Crippen molar-refractivity contribution in [2.24, 2.45) is 5.92 Å². The summed E-state index contributed by atoms with van der Waals surface area (Å²) in [4.78, 5) is 14.2. The lowest BCUT2D eigenvalue weighted by Crippen LogP contribution is -2.56. The molecule has 5 rings (SSSR count). The Hall–Kier alpha value is -3.37. The van der Waals surface area contributed by atoms with Gasteiger partial charge in [0.25, 0.3) is 0 Å². The molecule has 0 amide bonds. The SMILES string of the molecule is CCCCC1(C(C)C)NC(Cl)=C(C(=O)O)N1Cc1ccc2oc(-c3ccccc3-c3nnn[nH]3)c(Br)c2c1. The normalized spacial score (nSPS) is 17.6. The number of furan rings is 1. The van der Waals surface area contributed by atoms with Crippen molar-refractivity contribution in [2.75, 3.05) is 0 Å². The molecular weight excluding hydrogens is 572 g/mol. The fraction of sp³-hybridized carbons (Fsp3) is 0.333. The first-order valence-corrected chi connectivity index (χ1v) is 13.7. The molecule has 0 spiro atoms. The fourth-order valence-corrected chi connectivity index (χ4v) is 6.13. The standard InChI is InChI=1S/C27H28BrClN6O3/c1-4-5-12-27(15(2)3)30-24(29)22(26(36)37)35(27)14-16-10-11-20-19(13-16)21(28)23(38-20)17-8-6-7-9-18(17)25-31-33-34-32-25/h6-11,13,15,30H,4-5,12,14H2,1-3H3,(H,36,37)(H,31,32,33,34). The minimum absolute atomic E-state index is 0.0955. The molecule has 0 radical (unpaired) electrons. The van der Waals surface area contributed by atoms with Crippen molar-refractivity contribution in [3.63, 3.8) is 0 Å². The van der Waals surface area contributed by atoms with Crippen LogP contribution in [0.15, 0.2) is 62.2 Å². The van der Waals surface area contributed by atoms with Crippen LogP contribution in [0.2, 0.25) is 0 Å². The molecule has 2 aromatic carbocycles. The van der Waals surface area contributed by atoms with Crippen LogP contribution in [-0.2, 0) is 11.3 Å². The summed E-state index contributed by atoms with van der Waals surface area (Å²) in [6.07, 6.45) is 2.70. The molecular formula is C27H28BrClN6O3. The van der Waals surface area contributed by atoms with Crippen LogP contribution in [0.1, 0.15) is 45.6 Å². The number of aromatic amines is 1. The van der Waals surface area contributed by atoms with Crippen LogP contribution in [0.3, 0.4) is 0 Å². The third-order valence-corrected chi connectivity index (χ3v) is 8.22. The quantitative estimate of drug-likeness (QED) is 0.187. The maximum Gasteiger partial charge on any atom is 0.355 e. The highest BCUT2D eigenvalue weighted by Crippen LogP contribution is 2.43. The molecule has 1 aliphatic heterocycles. The molecule has 0 bridgehead atoms. The Morgan fingerprint density at radius 1 is 1.24 bits per heavy atom. The second-order valence-electron chi connectivity index (χ2n) is 9.73. The first-order chi connectivity index (χ1) is 18.3. The van der Waals surface area contributed by atoms with Gasteiger partial charge < -0.3 is 19.7 Å². The van der Waals surface area contributed by atoms with Crippen LogP contribution in [-0.4, -0.2) is 42.3 Å². The van der Waals surface area contributed by atoms with E-state index in [2.05, 4.69) is 62.6 Å². The molecule has 38 heavy (non-hydrogen) atoms. The minimum atomic E-state index is -1.05. The number of halogens is 2. The monoisotopic (exact) mass is 598 g/mol. The van der Waals surface area contributed by atoms with E-state index >= 15 is 0 Å². The van der Waals surface area contributed by atoms with Gasteiger partial charge in [-0.2, -0.15) is 0 Å². The zero-order chi connectivity index (χ0) is 27.0. The Kier molecular flexibility index (Phi) is 7.19. The van der Waals surface area contributed by atoms with E-state index in [1.54, 1.807) is 0 Å². The second-order valence-corrected chi connectivity index (χ2v) is 10.9. The number of H-pyrrole nitrogens is 1. The number of hydrogen-bond acceptors (Lipinski definition) is 7. The highest BCUT2D eigenvalue weighted by atomic mass is 79.9. The third-order valence-electron chi connectivity index (χ3n) is 7.16. The first kappa shape index (κ1) is 26.2. The largest absolute Gasteiger partial charge is 0.476 e. The Bertz CT molecular complexity index is 1520. The molecule has 11 heteroatoms. The number of carboxylic acids is 1. The van der Waals surface area contributed by atoms with Crippen LogP contribution in [0.5, 0.6) is 0 Å². The summed E-state index contributed by atoms with van der Waals surface area (Å²) in [5, 5.41) is 28.7. The molecule has 4 aromatic rings. The highest BCUT2D eigenvalue weighted by Gasteiger charge is 2.48. The molecule has 1 aliphatic rings. The lowest BCUT2D eigenvalue weighted by molar-refractivity contribution is -0.135. The number of aromatic nitrogens is 4. The maximum atomic E-state index is 12.3. The summed E-state index contributed by atoms with van der Waals surface area (Å²) in [6.45, 7) is 6.68. The maximum absolute atomic E-state index is 12.3. The number of aliphatic carboxylic acids is 1. The topological polar surface area (TPSA) is 120 Å². The smallest absolute Gasteiger partial charge is 0.355 e. The van der Waals surface area contributed by atoms with Gasteiger partial charge in [0.15, 0.2) is 11.5 Å². The van der Waals surface area contributed by atoms with Crippen LogP contribution >= 0.6 is 27.5 Å². The van der Waals surface area contributed by atoms with E-state index < -0.39 is 11.6 Å². The molecule has 0 saturated carbocycles. The van der Waals surface area contributed by atoms with Crippen molar-refractivity contribution < 1.29 is 14.3 Å². The molecule has 1 unspecified atom stereocenters. The van der Waals surface area contributed by atoms with E-state index in [1.807, 2.05) is 47.4 Å². The molecule has 0 saturated heterocycles. The van der Waals surface area contributed by atoms with Crippen molar-refractivity contribution in [3.05, 3.63) is 63.4 Å². The zero-order valence-electron chi connectivity index (χ0n) is 21.3. The van der Waals surface area contributed by atoms with Crippen molar-refractivity contribution in [2.45, 2.75) is 52.2 Å². The summed E-state index contributed by atoms with van der Waals surface area (Å²) >= 11 is 10.2. The minimum Gasteiger partial charge on any atom is -0.476 e. The number of benzene rings is 2. The first-order valence-electron chi connectivity index (χ1n) is 12.5. The van der Waals surface area contributed by atoms with Gasteiger partial charge in [-0.1, -0.05) is 69.1 Å². The van der Waals surface area contributed by atoms with E-state index in [-0.39, 0.29) is 16.8 Å². The molecule has 1 atom stereocenters. The van der Waals surface area contributed by atoms with Gasteiger partial charge in [0.05, 0.1) is 4.47 Å². The summed E-state index contributed by atoms with van der Waals surface area (Å²) < 4.78 is 7.07. The Labute approximate surface area is 233 Å². The van der Waals surface area contributed by atoms with Crippen LogP contribution in [0, 0.1) is 5.92 Å². The fourth-order valence-electron chi connectivity index (χ4n) is 5.18. The second kappa shape index (κ2) is 10.4. The van der Waals surface area contributed by atoms with Crippen LogP contribution < -0.4 is 5.32 Å². The zero-order valence-corrected chi connectivity index (χ0v) is 23.6. The van der Waals surface area contributed by atoms with Crippen molar-refractivity contribution in [1.29, 1.82) is 0 Å². The number of tetrazole rings is 1. The number of hydrogen-bond donors (Lipinski definition) is 3. The summed E-state index contributed by atoms with van der Waals surface area (Å²) in [5.74, 6) is 0.253. The lowest BCUT2D eigenvalue weighted by atomic mass is 9.88. The van der Waals surface area contributed by atoms with Gasteiger partial charge in [-0.25, -0.2) is 9.89 Å². The Morgan fingerprint density at radius 2 is 2.00 bits per heavy atom. The van der Waals surface area contributed by atoms with Gasteiger partial charge in [0, 0.05) is 23.1 Å². The van der Waals surface area contributed by atoms with Crippen molar-refractivity contribution in [1.82, 2.24) is 30.8 Å². The summed E-state index contributed by atoms with van der Waals surface area (Å²) in [6, 6.07) is 13.6. The number of carbonyl (C=O) groups is 1. The molecule has 2 aromatic heterocycles. The summed E-state index contributed by atoms with van der Waals surface area (Å²) in [5.41, 5.74) is 2.78. The lowest BCUT2D eigenvalue weighted by Gasteiger charge is -2.44. The number of rotatable bonds is 9. The Morgan fingerprint density at radius 3 is 2.66 bits per heavy atom. The summed E-state index contributed by atoms with van der Waals surface area (Å²) in [7, 11) is 0. The predicted octanol–water partition coefficient (Wildman–Crippen LogP) is 6.48. The average Bonchev–Trinajstić information content (AvgIpc) is 3.61. The molecule has 3 heterocycles. The van der Waals surface area contributed by atoms with Gasteiger partial charge in [0.1, 0.15) is 22.2 Å². The third kappa shape index (κ3) is 4.45. The van der Waals surface area contributed by atoms with Gasteiger partial charge >= 0.3 is 5.97 Å². The van der Waals surface area contributed by atoms with Crippen molar-refractivity contribution >= 4 is 44.5 Å². The molecule has 3 N–H and O–H groups in total. The molecule has 9 nitrogen and oxygen atoms in total. The van der Waals surface area contributed by atoms with E-state index in [0.29, 0.717) is 23.7 Å². The molecule has 0 aliphatic carbocycles. The van der Waals surface area contributed by atoms with E-state index in [0.717, 1.165) is 45.8 Å². The Balaban J connectivity index is 1.56. The number of nitrogens with zero attached hydrogens (tertiary/aromatic N) is 4. The number of unbranched alkanes of at least 4 members (excludes halogenated alkanes) is 1. The average molecular weight is 600 g/mol. The number of nitrogens with one attached hydrogen (secondary N) is 2. The van der Waals surface area contributed by atoms with E-state index in [4.69, 9.17) is 16.0 Å². The van der Waals surface area contributed by atoms with Crippen LogP contribution in [0.4, 0.5) is 0 Å². The number of carboxylic acid groups (broad SMARTS) is 1. The van der Waals surface area contributed by atoms with Gasteiger partial charge in [0.2, 0.25) is 0 Å². The van der Waals surface area contributed by atoms with Crippen LogP contribution in [0.25, 0.3) is 33.7 Å².